The van der Waals surface area contributed by atoms with Gasteiger partial charge in [-0.1, -0.05) is 29.6 Å². The number of anilines is 1. The van der Waals surface area contributed by atoms with Crippen molar-refractivity contribution in [2.45, 2.75) is 34.1 Å². The molecule has 0 radical (unpaired) electrons. The Balaban J connectivity index is 3.18. The zero-order valence-corrected chi connectivity index (χ0v) is 9.96. The fraction of sp³-hybridized carbons (Fsp3) is 0.462. The predicted octanol–water partition coefficient (Wildman–Crippen LogP) is 3.66. The molecule has 1 aromatic rings. The van der Waals surface area contributed by atoms with E-state index in [1.165, 1.54) is 16.7 Å². The first kappa shape index (κ1) is 11.6. The van der Waals surface area contributed by atoms with Crippen molar-refractivity contribution < 1.29 is 0 Å². The minimum Gasteiger partial charge on any atom is -0.184 e. The number of benzene rings is 1. The van der Waals surface area contributed by atoms with E-state index in [0.29, 0.717) is 0 Å². The normalized spacial score (nSPS) is 9.80. The second-order valence-electron chi connectivity index (χ2n) is 3.97. The van der Waals surface area contributed by atoms with Crippen molar-refractivity contribution in [3.8, 4) is 0 Å². The highest BCUT2D eigenvalue weighted by atomic mass is 15.4. The molecule has 0 aliphatic carbocycles. The van der Waals surface area contributed by atoms with Crippen molar-refractivity contribution in [2.75, 3.05) is 11.6 Å². The van der Waals surface area contributed by atoms with Crippen LogP contribution in [0.4, 0.5) is 5.69 Å². The third kappa shape index (κ3) is 2.50. The highest BCUT2D eigenvalue weighted by Crippen LogP contribution is 2.26. The van der Waals surface area contributed by atoms with Crippen LogP contribution in [-0.4, -0.2) is 6.54 Å². The molecule has 0 N–H and O–H groups in total. The molecule has 0 bridgehead atoms. The second kappa shape index (κ2) is 4.84. The standard InChI is InChI=1S/C13H18N2/c1-6-7-15(14-5)13-11(3)8-10(2)9-12(13)4/h8-9H,6-7H2,1-4H3. The van der Waals surface area contributed by atoms with Crippen molar-refractivity contribution in [3.63, 3.8) is 0 Å². The lowest BCUT2D eigenvalue weighted by Crippen LogP contribution is -2.16. The molecule has 0 fully saturated rings. The lowest BCUT2D eigenvalue weighted by atomic mass is 10.0. The molecule has 2 heteroatoms. The molecule has 0 heterocycles. The summed E-state index contributed by atoms with van der Waals surface area (Å²) in [5.74, 6) is 0. The lowest BCUT2D eigenvalue weighted by Gasteiger charge is -2.15. The van der Waals surface area contributed by atoms with Gasteiger partial charge in [-0.15, -0.1) is 0 Å². The monoisotopic (exact) mass is 202 g/mol. The number of hydrogen-bond acceptors (Lipinski definition) is 1. The van der Waals surface area contributed by atoms with Gasteiger partial charge in [-0.05, 0) is 38.3 Å². The first-order valence-corrected chi connectivity index (χ1v) is 5.33. The summed E-state index contributed by atoms with van der Waals surface area (Å²) in [5.41, 5.74) is 4.72. The van der Waals surface area contributed by atoms with E-state index in [9.17, 15) is 0 Å². The minimum absolute atomic E-state index is 0.800. The Hall–Kier alpha value is -1.49. The van der Waals surface area contributed by atoms with Gasteiger partial charge in [0.15, 0.2) is 0 Å². The Morgan fingerprint density at radius 2 is 1.73 bits per heavy atom. The average molecular weight is 202 g/mol. The third-order valence-corrected chi connectivity index (χ3v) is 2.45. The van der Waals surface area contributed by atoms with E-state index in [4.69, 9.17) is 6.57 Å². The van der Waals surface area contributed by atoms with E-state index in [2.05, 4.69) is 44.8 Å². The van der Waals surface area contributed by atoms with E-state index >= 15 is 0 Å². The van der Waals surface area contributed by atoms with Gasteiger partial charge in [0.1, 0.15) is 5.69 Å². The van der Waals surface area contributed by atoms with Gasteiger partial charge in [-0.25, -0.2) is 0 Å². The summed E-state index contributed by atoms with van der Waals surface area (Å²) < 4.78 is 0. The van der Waals surface area contributed by atoms with Gasteiger partial charge >= 0.3 is 0 Å². The molecule has 0 spiro atoms. The summed E-state index contributed by atoms with van der Waals surface area (Å²) in [4.78, 5) is 3.58. The summed E-state index contributed by atoms with van der Waals surface area (Å²) >= 11 is 0. The predicted molar refractivity (Wildman–Crippen MR) is 64.9 cm³/mol. The molecule has 0 atom stereocenters. The molecule has 0 saturated carbocycles. The zero-order valence-electron chi connectivity index (χ0n) is 9.96. The van der Waals surface area contributed by atoms with Crippen LogP contribution in [0.5, 0.6) is 0 Å². The van der Waals surface area contributed by atoms with Crippen molar-refractivity contribution in [1.29, 1.82) is 0 Å². The minimum atomic E-state index is 0.800. The number of aryl methyl sites for hydroxylation is 3. The molecular weight excluding hydrogens is 184 g/mol. The second-order valence-corrected chi connectivity index (χ2v) is 3.97. The van der Waals surface area contributed by atoms with Crippen LogP contribution in [0.2, 0.25) is 0 Å². The summed E-state index contributed by atoms with van der Waals surface area (Å²) in [6.07, 6.45) is 0.995. The van der Waals surface area contributed by atoms with Crippen LogP contribution < -0.4 is 5.01 Å². The summed E-state index contributed by atoms with van der Waals surface area (Å²) in [6.45, 7) is 16.3. The first-order valence-electron chi connectivity index (χ1n) is 5.33. The van der Waals surface area contributed by atoms with Gasteiger partial charge < -0.3 is 0 Å². The first-order chi connectivity index (χ1) is 7.10. The molecule has 0 aromatic heterocycles. The van der Waals surface area contributed by atoms with Crippen molar-refractivity contribution in [3.05, 3.63) is 40.3 Å². The number of rotatable bonds is 3. The zero-order chi connectivity index (χ0) is 11.4. The Kier molecular flexibility index (Phi) is 3.74. The third-order valence-electron chi connectivity index (χ3n) is 2.45. The SMILES string of the molecule is [C-]#[N+]N(CCC)c1c(C)cc(C)cc1C. The van der Waals surface area contributed by atoms with Crippen molar-refractivity contribution in [1.82, 2.24) is 0 Å². The van der Waals surface area contributed by atoms with Crippen LogP contribution in [0.3, 0.4) is 0 Å². The lowest BCUT2D eigenvalue weighted by molar-refractivity contribution is 0.870. The van der Waals surface area contributed by atoms with Gasteiger partial charge in [0.25, 0.3) is 0 Å². The van der Waals surface area contributed by atoms with Gasteiger partial charge in [-0.3, -0.25) is 0 Å². The molecule has 1 rings (SSSR count). The highest BCUT2D eigenvalue weighted by molar-refractivity contribution is 5.60. The number of nitrogens with zero attached hydrogens (tertiary/aromatic N) is 2. The smallest absolute Gasteiger partial charge is 0.118 e. The van der Waals surface area contributed by atoms with E-state index in [0.717, 1.165) is 18.7 Å². The van der Waals surface area contributed by atoms with Gasteiger partial charge in [-0.2, -0.15) is 11.5 Å². The molecule has 1 aromatic carbocycles. The molecule has 2 nitrogen and oxygen atoms in total. The molecular formula is C13H18N2. The summed E-state index contributed by atoms with van der Waals surface area (Å²) in [7, 11) is 0. The van der Waals surface area contributed by atoms with E-state index < -0.39 is 0 Å². The summed E-state index contributed by atoms with van der Waals surface area (Å²) in [5, 5.41) is 1.77. The van der Waals surface area contributed by atoms with Crippen LogP contribution >= 0.6 is 0 Å². The molecule has 15 heavy (non-hydrogen) atoms. The molecule has 0 aliphatic rings. The van der Waals surface area contributed by atoms with Crippen LogP contribution in [0, 0.1) is 27.3 Å². The van der Waals surface area contributed by atoms with Gasteiger partial charge in [0.2, 0.25) is 0 Å². The fourth-order valence-electron chi connectivity index (χ4n) is 2.00. The van der Waals surface area contributed by atoms with E-state index in [1.807, 2.05) is 0 Å². The van der Waals surface area contributed by atoms with Crippen molar-refractivity contribution in [2.24, 2.45) is 0 Å². The van der Waals surface area contributed by atoms with Crippen LogP contribution in [0.15, 0.2) is 12.1 Å². The van der Waals surface area contributed by atoms with Gasteiger partial charge in [0, 0.05) is 0 Å². The van der Waals surface area contributed by atoms with Crippen LogP contribution in [0.25, 0.3) is 4.95 Å². The largest absolute Gasteiger partial charge is 0.184 e. The Labute approximate surface area is 92.3 Å². The Bertz CT molecular complexity index is 365. The molecule has 0 saturated heterocycles. The van der Waals surface area contributed by atoms with E-state index in [1.54, 1.807) is 5.01 Å². The fourth-order valence-corrected chi connectivity index (χ4v) is 2.00. The quantitative estimate of drug-likeness (QED) is 0.536. The van der Waals surface area contributed by atoms with Crippen LogP contribution in [0.1, 0.15) is 30.0 Å². The Morgan fingerprint density at radius 1 is 1.20 bits per heavy atom. The molecule has 80 valence electrons. The maximum atomic E-state index is 7.20. The summed E-state index contributed by atoms with van der Waals surface area (Å²) in [6, 6.07) is 4.27. The maximum Gasteiger partial charge on any atom is 0.118 e. The highest BCUT2D eigenvalue weighted by Gasteiger charge is 2.15. The molecule has 0 unspecified atom stereocenters. The topological polar surface area (TPSA) is 7.60 Å². The average Bonchev–Trinajstić information content (AvgIpc) is 2.14. The van der Waals surface area contributed by atoms with Crippen molar-refractivity contribution >= 4 is 5.69 Å². The maximum absolute atomic E-state index is 7.20. The molecule has 0 amide bonds. The van der Waals surface area contributed by atoms with Gasteiger partial charge in [0.05, 0.1) is 6.54 Å². The van der Waals surface area contributed by atoms with E-state index in [-0.39, 0.29) is 0 Å². The number of hydrogen-bond donors (Lipinski definition) is 0. The Morgan fingerprint density at radius 3 is 2.13 bits per heavy atom. The molecule has 0 aliphatic heterocycles. The van der Waals surface area contributed by atoms with Crippen LogP contribution in [-0.2, 0) is 0 Å².